The first-order chi connectivity index (χ1) is 5.30. The Balaban J connectivity index is 2.51. The minimum absolute atomic E-state index is 0.514. The summed E-state index contributed by atoms with van der Waals surface area (Å²) in [7, 11) is 0. The third-order valence-corrected chi connectivity index (χ3v) is 2.02. The van der Waals surface area contributed by atoms with Gasteiger partial charge in [-0.1, -0.05) is 16.9 Å². The van der Waals surface area contributed by atoms with Crippen LogP contribution in [0.1, 0.15) is 0 Å². The molecule has 1 aliphatic heterocycles. The van der Waals surface area contributed by atoms with E-state index in [1.165, 1.54) is 6.26 Å². The van der Waals surface area contributed by atoms with Gasteiger partial charge >= 0.3 is 16.7 Å². The van der Waals surface area contributed by atoms with Crippen LogP contribution in [0.2, 0.25) is 0 Å². The molecule has 11 heavy (non-hydrogen) atoms. The average Bonchev–Trinajstić information content (AvgIpc) is 1.84. The van der Waals surface area contributed by atoms with Gasteiger partial charge in [0.1, 0.15) is 0 Å². The Kier molecular flexibility index (Phi) is 3.00. The molecule has 0 saturated carbocycles. The summed E-state index contributed by atoms with van der Waals surface area (Å²) in [5, 5.41) is 7.54. The maximum Gasteiger partial charge on any atom is 0.593 e. The summed E-state index contributed by atoms with van der Waals surface area (Å²) >= 11 is -1.20. The number of allylic oxidation sites excluding steroid dienone is 2. The van der Waals surface area contributed by atoms with Crippen molar-refractivity contribution in [3.63, 3.8) is 0 Å². The van der Waals surface area contributed by atoms with Crippen LogP contribution in [0.15, 0.2) is 24.5 Å². The largest absolute Gasteiger partial charge is 0.593 e. The van der Waals surface area contributed by atoms with E-state index in [2.05, 4.69) is 4.72 Å². The number of rotatable bonds is 0. The highest BCUT2D eigenvalue weighted by Crippen LogP contribution is 1.99. The molecule has 2 N–H and O–H groups in total. The lowest BCUT2D eigenvalue weighted by Crippen LogP contribution is -2.31. The summed E-state index contributed by atoms with van der Waals surface area (Å²) in [5.41, 5.74) is 0. The van der Waals surface area contributed by atoms with E-state index in [4.69, 9.17) is 9.29 Å². The summed E-state index contributed by atoms with van der Waals surface area (Å²) in [4.78, 5) is 10.4. The summed E-state index contributed by atoms with van der Waals surface area (Å²) < 4.78 is 7.52. The highest BCUT2D eigenvalue weighted by molar-refractivity contribution is 8.04. The number of hydrogen-bond acceptors (Lipinski definition) is 3. The van der Waals surface area contributed by atoms with Crippen LogP contribution in [0.5, 0.6) is 0 Å². The van der Waals surface area contributed by atoms with Gasteiger partial charge in [-0.05, 0) is 6.08 Å². The van der Waals surface area contributed by atoms with Crippen LogP contribution in [0.3, 0.4) is 0 Å². The van der Waals surface area contributed by atoms with Gasteiger partial charge in [-0.2, -0.15) is 4.79 Å². The standard InChI is InChI=1S/C6H7NO3S/c8-6(9)11-7-4-2-1-3-5-10-11/h1-3,5,7H,4H2/p+1. The molecule has 0 aromatic heterocycles. The molecule has 0 amide bonds. The van der Waals surface area contributed by atoms with Crippen molar-refractivity contribution in [2.45, 2.75) is 0 Å². The van der Waals surface area contributed by atoms with Crippen LogP contribution in [0.25, 0.3) is 0 Å². The first-order valence-electron chi connectivity index (χ1n) is 3.00. The van der Waals surface area contributed by atoms with Gasteiger partial charge in [0.05, 0.1) is 6.54 Å². The predicted molar refractivity (Wildman–Crippen MR) is 42.8 cm³/mol. The smallest absolute Gasteiger partial charge is 0.436 e. The van der Waals surface area contributed by atoms with Crippen LogP contribution in [-0.2, 0) is 15.5 Å². The predicted octanol–water partition coefficient (Wildman–Crippen LogP) is 0.802. The SMILES string of the molecule is O=C(O)[S+]1NCC=CC=CO1. The van der Waals surface area contributed by atoms with E-state index in [1.807, 2.05) is 6.08 Å². The first-order valence-corrected chi connectivity index (χ1v) is 4.15. The van der Waals surface area contributed by atoms with Gasteiger partial charge in [-0.3, -0.25) is 4.18 Å². The molecule has 1 atom stereocenters. The molecule has 0 aliphatic carbocycles. The van der Waals surface area contributed by atoms with Crippen LogP contribution in [0.4, 0.5) is 4.79 Å². The minimum Gasteiger partial charge on any atom is -0.436 e. The van der Waals surface area contributed by atoms with Gasteiger partial charge in [-0.25, -0.2) is 0 Å². The van der Waals surface area contributed by atoms with Crippen LogP contribution >= 0.6 is 0 Å². The van der Waals surface area contributed by atoms with E-state index in [0.717, 1.165) is 0 Å². The van der Waals surface area contributed by atoms with Crippen LogP contribution in [-0.4, -0.2) is 17.0 Å². The molecule has 5 heteroatoms. The van der Waals surface area contributed by atoms with E-state index >= 15 is 0 Å². The van der Waals surface area contributed by atoms with E-state index in [0.29, 0.717) is 6.54 Å². The topological polar surface area (TPSA) is 58.6 Å². The van der Waals surface area contributed by atoms with Crippen molar-refractivity contribution < 1.29 is 14.1 Å². The molecule has 1 unspecified atom stereocenters. The molecule has 0 aromatic rings. The number of hydrogen-bond donors (Lipinski definition) is 2. The molecule has 4 nitrogen and oxygen atoms in total. The Labute approximate surface area is 67.2 Å². The molecule has 0 spiro atoms. The average molecular weight is 174 g/mol. The van der Waals surface area contributed by atoms with Crippen molar-refractivity contribution >= 4 is 16.7 Å². The molecular weight excluding hydrogens is 166 g/mol. The molecule has 0 saturated heterocycles. The van der Waals surface area contributed by atoms with E-state index in [-0.39, 0.29) is 0 Å². The highest BCUT2D eigenvalue weighted by atomic mass is 32.2. The number of nitrogens with one attached hydrogen (secondary N) is 1. The van der Waals surface area contributed by atoms with E-state index < -0.39 is 16.7 Å². The molecule has 0 bridgehead atoms. The van der Waals surface area contributed by atoms with Crippen molar-refractivity contribution in [1.29, 1.82) is 0 Å². The normalized spacial score (nSPS) is 23.5. The van der Waals surface area contributed by atoms with Gasteiger partial charge < -0.3 is 5.11 Å². The van der Waals surface area contributed by atoms with Crippen LogP contribution in [0, 0.1) is 0 Å². The summed E-state index contributed by atoms with van der Waals surface area (Å²) in [6.45, 7) is 0.514. The number of carbonyl (C=O) groups is 1. The summed E-state index contributed by atoms with van der Waals surface area (Å²) in [6, 6.07) is 0. The number of carboxylic acid groups (broad SMARTS) is 1. The van der Waals surface area contributed by atoms with E-state index in [1.54, 1.807) is 12.2 Å². The van der Waals surface area contributed by atoms with Crippen molar-refractivity contribution in [1.82, 2.24) is 4.72 Å². The van der Waals surface area contributed by atoms with Gasteiger partial charge in [0.25, 0.3) is 0 Å². The fourth-order valence-electron chi connectivity index (χ4n) is 0.540. The van der Waals surface area contributed by atoms with Crippen molar-refractivity contribution in [3.05, 3.63) is 24.5 Å². The Hall–Kier alpha value is -0.940. The Bertz CT molecular complexity index is 202. The van der Waals surface area contributed by atoms with Crippen LogP contribution < -0.4 is 4.72 Å². The highest BCUT2D eigenvalue weighted by Gasteiger charge is 2.32. The van der Waals surface area contributed by atoms with Crippen molar-refractivity contribution in [2.75, 3.05) is 6.54 Å². The Morgan fingerprint density at radius 2 is 2.45 bits per heavy atom. The second-order valence-electron chi connectivity index (χ2n) is 1.74. The fourth-order valence-corrected chi connectivity index (χ4v) is 1.24. The maximum atomic E-state index is 10.4. The third-order valence-electron chi connectivity index (χ3n) is 0.968. The Morgan fingerprint density at radius 3 is 3.18 bits per heavy atom. The molecule has 1 aliphatic rings. The van der Waals surface area contributed by atoms with Gasteiger partial charge in [0.2, 0.25) is 0 Å². The van der Waals surface area contributed by atoms with Crippen molar-refractivity contribution in [2.24, 2.45) is 0 Å². The summed E-state index contributed by atoms with van der Waals surface area (Å²) in [6.07, 6.45) is 6.63. The molecular formula is C6H8NO3S+. The zero-order valence-corrected chi connectivity index (χ0v) is 6.50. The first kappa shape index (κ1) is 8.16. The van der Waals surface area contributed by atoms with Gasteiger partial charge in [-0.15, -0.1) is 0 Å². The monoisotopic (exact) mass is 174 g/mol. The lowest BCUT2D eigenvalue weighted by atomic mass is 10.5. The molecule has 0 fully saturated rings. The van der Waals surface area contributed by atoms with E-state index in [9.17, 15) is 4.79 Å². The zero-order valence-electron chi connectivity index (χ0n) is 5.69. The second kappa shape index (κ2) is 4.05. The van der Waals surface area contributed by atoms with Gasteiger partial charge in [0.15, 0.2) is 6.26 Å². The Morgan fingerprint density at radius 1 is 1.64 bits per heavy atom. The molecule has 60 valence electrons. The minimum atomic E-state index is -1.20. The molecule has 1 rings (SSSR count). The fraction of sp³-hybridized carbons (Fsp3) is 0.167. The quantitative estimate of drug-likeness (QED) is 0.533. The molecule has 0 radical (unpaired) electrons. The molecule has 0 aromatic carbocycles. The third kappa shape index (κ3) is 2.65. The van der Waals surface area contributed by atoms with Crippen molar-refractivity contribution in [3.8, 4) is 0 Å². The lowest BCUT2D eigenvalue weighted by molar-refractivity contribution is 0.219. The zero-order chi connectivity index (χ0) is 8.10. The van der Waals surface area contributed by atoms with Gasteiger partial charge in [0, 0.05) is 0 Å². The summed E-state index contributed by atoms with van der Waals surface area (Å²) in [5.74, 6) is 0. The molecule has 1 heterocycles. The second-order valence-corrected chi connectivity index (χ2v) is 3.10. The maximum absolute atomic E-state index is 10.4. The lowest BCUT2D eigenvalue weighted by Gasteiger charge is -1.98.